The number of fused-ring (bicyclic) bond motifs is 2. The van der Waals surface area contributed by atoms with Gasteiger partial charge in [-0.1, -0.05) is 18.2 Å². The van der Waals surface area contributed by atoms with E-state index in [0.717, 1.165) is 0 Å². The molecule has 33 heavy (non-hydrogen) atoms. The highest BCUT2D eigenvalue weighted by Gasteiger charge is 2.32. The summed E-state index contributed by atoms with van der Waals surface area (Å²) in [5, 5.41) is 15.4. The number of rotatable bonds is 4. The minimum absolute atomic E-state index is 0.118. The fraction of sp³-hybridized carbons (Fsp3) is 0. The zero-order chi connectivity index (χ0) is 24.3. The lowest BCUT2D eigenvalue weighted by molar-refractivity contribution is -0.176. The van der Waals surface area contributed by atoms with Gasteiger partial charge in [0.2, 0.25) is 5.36 Å². The number of nitrogens with two attached hydrogens (primary N) is 2. The van der Waals surface area contributed by atoms with Gasteiger partial charge in [-0.3, -0.25) is 5.41 Å². The maximum Gasteiger partial charge on any atom is 0.336 e. The van der Waals surface area contributed by atoms with Crippen LogP contribution in [0.25, 0.3) is 33.4 Å². The third-order valence-electron chi connectivity index (χ3n) is 4.94. The number of aromatic carboxylic acids is 1. The summed E-state index contributed by atoms with van der Waals surface area (Å²) in [4.78, 5) is 10.7. The van der Waals surface area contributed by atoms with E-state index >= 15 is 0 Å². The summed E-state index contributed by atoms with van der Waals surface area (Å²) in [6.07, 6.45) is 0. The van der Waals surface area contributed by atoms with Crippen molar-refractivity contribution < 1.29 is 36.6 Å². The lowest BCUT2D eigenvalue weighted by Gasteiger charge is -2.19. The van der Waals surface area contributed by atoms with Crippen LogP contribution in [0, 0.1) is 0 Å². The number of nitrogen functional groups attached to an aromatic ring is 1. The van der Waals surface area contributed by atoms with Crippen LogP contribution in [-0.2, 0) is 18.1 Å². The normalized spacial score (nSPS) is 12.3. The Morgan fingerprint density at radius 1 is 0.909 bits per heavy atom. The Labute approximate surface area is 195 Å². The smallest absolute Gasteiger partial charge is 0.336 e. The number of hydrogen-bond donors (Lipinski definition) is 3. The van der Waals surface area contributed by atoms with Gasteiger partial charge in [-0.2, -0.15) is 0 Å². The zero-order valence-electron chi connectivity index (χ0n) is 16.2. The summed E-state index contributed by atoms with van der Waals surface area (Å²) in [6, 6.07) is 11.3. The van der Waals surface area contributed by atoms with Crippen LogP contribution >= 0.6 is 21.4 Å². The highest BCUT2D eigenvalue weighted by molar-refractivity contribution is 8.14. The van der Waals surface area contributed by atoms with Crippen molar-refractivity contribution in [2.24, 2.45) is 0 Å². The maximum atomic E-state index is 12.3. The van der Waals surface area contributed by atoms with Crippen molar-refractivity contribution in [3.05, 3.63) is 59.5 Å². The van der Waals surface area contributed by atoms with Crippen molar-refractivity contribution in [3.8, 4) is 22.5 Å². The Morgan fingerprint density at radius 2 is 1.55 bits per heavy atom. The van der Waals surface area contributed by atoms with Crippen molar-refractivity contribution in [1.29, 1.82) is 0 Å². The number of halogens is 2. The predicted molar refractivity (Wildman–Crippen MR) is 121 cm³/mol. The standard InChI is InChI=1S/C20H12Cl2N2O7S2/c21-32(27,28)18-13(23)7-5-11-15(9-3-1-2-4-10(9)20(25)26)12-6-8-14(24)19(33(22,29)30)17(12)31-16(11)18/h1-8,23H,24H2,(H,25,26)/p+1. The highest BCUT2D eigenvalue weighted by atomic mass is 35.7. The molecule has 0 unspecified atom stereocenters. The largest absolute Gasteiger partial charge is 0.478 e. The molecule has 0 fully saturated rings. The van der Waals surface area contributed by atoms with Crippen molar-refractivity contribution in [1.82, 2.24) is 0 Å². The van der Waals surface area contributed by atoms with Crippen molar-refractivity contribution in [3.63, 3.8) is 0 Å². The van der Waals surface area contributed by atoms with Crippen LogP contribution in [-0.4, -0.2) is 27.9 Å². The van der Waals surface area contributed by atoms with E-state index in [0.29, 0.717) is 0 Å². The van der Waals surface area contributed by atoms with Crippen molar-refractivity contribution >= 4 is 62.1 Å². The minimum atomic E-state index is -4.49. The summed E-state index contributed by atoms with van der Waals surface area (Å²) in [5.41, 5.74) is 5.49. The van der Waals surface area contributed by atoms with Crippen molar-refractivity contribution in [2.75, 3.05) is 5.73 Å². The number of anilines is 1. The van der Waals surface area contributed by atoms with Gasteiger partial charge in [-0.25, -0.2) is 21.6 Å². The second kappa shape index (κ2) is 7.73. The van der Waals surface area contributed by atoms with Crippen molar-refractivity contribution in [2.45, 2.75) is 9.79 Å². The third-order valence-corrected chi connectivity index (χ3v) is 7.69. The van der Waals surface area contributed by atoms with Gasteiger partial charge in [0, 0.05) is 43.9 Å². The monoisotopic (exact) mass is 527 g/mol. The summed E-state index contributed by atoms with van der Waals surface area (Å²) in [5.74, 6) is -1.66. The van der Waals surface area contributed by atoms with Gasteiger partial charge in [0.05, 0.1) is 11.3 Å². The molecule has 0 aromatic heterocycles. The topological polar surface area (TPSA) is 170 Å². The van der Waals surface area contributed by atoms with E-state index in [4.69, 9.17) is 36.9 Å². The highest BCUT2D eigenvalue weighted by Crippen LogP contribution is 2.46. The Kier molecular flexibility index (Phi) is 5.40. The van der Waals surface area contributed by atoms with Crippen LogP contribution in [0.5, 0.6) is 0 Å². The van der Waals surface area contributed by atoms with E-state index in [-0.39, 0.29) is 50.0 Å². The number of benzene rings is 3. The molecule has 0 bridgehead atoms. The molecule has 1 aliphatic carbocycles. The van der Waals surface area contributed by atoms with E-state index in [9.17, 15) is 26.7 Å². The fourth-order valence-corrected chi connectivity index (χ4v) is 6.08. The predicted octanol–water partition coefficient (Wildman–Crippen LogP) is 2.00. The van der Waals surface area contributed by atoms with E-state index in [1.165, 1.54) is 42.5 Å². The van der Waals surface area contributed by atoms with Gasteiger partial charge in [0.1, 0.15) is 4.90 Å². The van der Waals surface area contributed by atoms with Crippen LogP contribution in [0.15, 0.2) is 62.7 Å². The summed E-state index contributed by atoms with van der Waals surface area (Å²) >= 11 is 0. The van der Waals surface area contributed by atoms with Crippen LogP contribution < -0.4 is 16.5 Å². The van der Waals surface area contributed by atoms with Gasteiger partial charge >= 0.3 is 5.97 Å². The number of carboxylic acid groups (broad SMARTS) is 1. The molecule has 0 saturated heterocycles. The lowest BCUT2D eigenvalue weighted by Crippen LogP contribution is -2.47. The molecule has 1 aliphatic heterocycles. The Balaban J connectivity index is 2.40. The van der Waals surface area contributed by atoms with E-state index in [1.807, 2.05) is 0 Å². The molecule has 0 saturated carbocycles. The molecule has 0 amide bonds. The molecular formula is C20H13Cl2N2O7S2+. The van der Waals surface area contributed by atoms with E-state index in [1.54, 1.807) is 6.07 Å². The first-order valence-electron chi connectivity index (χ1n) is 8.95. The maximum absolute atomic E-state index is 12.3. The fourth-order valence-electron chi connectivity index (χ4n) is 3.68. The van der Waals surface area contributed by atoms with E-state index < -0.39 is 33.9 Å². The first-order chi connectivity index (χ1) is 15.3. The zero-order valence-corrected chi connectivity index (χ0v) is 19.4. The quantitative estimate of drug-likeness (QED) is 0.205. The summed E-state index contributed by atoms with van der Waals surface area (Å²) in [6.45, 7) is 0. The molecule has 0 atom stereocenters. The number of carboxylic acids is 1. The van der Waals surface area contributed by atoms with Crippen LogP contribution in [0.4, 0.5) is 5.69 Å². The van der Waals surface area contributed by atoms with E-state index in [2.05, 4.69) is 0 Å². The number of hydrogen-bond acceptors (Lipinski definition) is 7. The molecule has 4 rings (SSSR count). The van der Waals surface area contributed by atoms with Gasteiger partial charge in [0.15, 0.2) is 16.2 Å². The van der Waals surface area contributed by atoms with Gasteiger partial charge in [-0.05, 0) is 29.8 Å². The molecule has 5 N–H and O–H groups in total. The molecule has 0 radical (unpaired) electrons. The van der Waals surface area contributed by atoms with Crippen LogP contribution in [0.1, 0.15) is 10.4 Å². The molecule has 13 heteroatoms. The lowest BCUT2D eigenvalue weighted by atomic mass is 9.90. The van der Waals surface area contributed by atoms with Crippen LogP contribution in [0.2, 0.25) is 0 Å². The molecular weight excluding hydrogens is 515 g/mol. The number of carbonyl (C=O) groups is 1. The molecule has 0 spiro atoms. The van der Waals surface area contributed by atoms with Gasteiger partial charge in [-0.15, -0.1) is 0 Å². The Hall–Kier alpha value is -3.12. The average molecular weight is 528 g/mol. The van der Waals surface area contributed by atoms with Crippen LogP contribution in [0.3, 0.4) is 0 Å². The minimum Gasteiger partial charge on any atom is -0.478 e. The molecule has 2 aromatic rings. The second-order valence-corrected chi connectivity index (χ2v) is 11.9. The average Bonchev–Trinajstić information content (AvgIpc) is 2.69. The first kappa shape index (κ1) is 23.1. The molecule has 1 heterocycles. The molecule has 9 nitrogen and oxygen atoms in total. The third kappa shape index (κ3) is 3.82. The van der Waals surface area contributed by atoms with Gasteiger partial charge < -0.3 is 15.3 Å². The first-order valence-corrected chi connectivity index (χ1v) is 13.6. The molecule has 2 aromatic carbocycles. The Bertz CT molecular complexity index is 1730. The summed E-state index contributed by atoms with van der Waals surface area (Å²) < 4.78 is 55.1. The summed E-state index contributed by atoms with van der Waals surface area (Å²) in [7, 11) is 2.23. The molecule has 170 valence electrons. The Morgan fingerprint density at radius 3 is 2.15 bits per heavy atom. The van der Waals surface area contributed by atoms with Gasteiger partial charge in [0.25, 0.3) is 18.1 Å². The molecule has 2 aliphatic rings. The second-order valence-electron chi connectivity index (χ2n) is 6.92. The SMILES string of the molecule is Nc1ccc2c(-c3ccccc3C(=O)O)c3ccc(=[NH2+])c(S(=O)(=O)Cl)c-3oc2c1S(=O)(=O)Cl.